The average Bonchev–Trinajstić information content (AvgIpc) is 3.27. The first-order valence-electron chi connectivity index (χ1n) is 27.4. The van der Waals surface area contributed by atoms with Gasteiger partial charge in [0.05, 0.1) is 84.5 Å². The summed E-state index contributed by atoms with van der Waals surface area (Å²) in [6, 6.07) is 0. The maximum atomic E-state index is 10.1. The Morgan fingerprint density at radius 2 is 0.438 bits per heavy atom. The molecule has 10 heteroatoms. The molecule has 0 fully saturated rings. The van der Waals surface area contributed by atoms with Crippen molar-refractivity contribution < 1.29 is 48.3 Å². The van der Waals surface area contributed by atoms with Crippen molar-refractivity contribution in [3.63, 3.8) is 0 Å². The highest BCUT2D eigenvalue weighted by molar-refractivity contribution is 5.86. The largest absolute Gasteiger partial charge is 0.550 e. The van der Waals surface area contributed by atoms with Crippen LogP contribution >= 0.6 is 0 Å². The number of nitrogens with zero attached hydrogens (tertiary/aromatic N) is 3. The number of unbranched alkanes of at least 4 members (excludes halogenated alkanes) is 12. The van der Waals surface area contributed by atoms with E-state index < -0.39 is 36.4 Å². The molecule has 0 heterocycles. The van der Waals surface area contributed by atoms with Crippen LogP contribution in [0.4, 0.5) is 0 Å². The van der Waals surface area contributed by atoms with Gasteiger partial charge >= 0.3 is 0 Å². The number of carbonyl (C=O) groups excluding carboxylic acids is 3. The zero-order chi connectivity index (χ0) is 49.6. The number of aliphatic carboxylic acids is 3. The van der Waals surface area contributed by atoms with Crippen LogP contribution in [0, 0.1) is 0 Å². The average molecular weight is 917 g/mol. The first-order valence-corrected chi connectivity index (χ1v) is 27.4. The number of aliphatic hydroxyl groups is 1. The summed E-state index contributed by atoms with van der Waals surface area (Å²) in [5, 5.41) is 38.9. The van der Waals surface area contributed by atoms with Gasteiger partial charge < -0.3 is 48.3 Å². The van der Waals surface area contributed by atoms with Crippen molar-refractivity contribution in [1.82, 2.24) is 0 Å². The summed E-state index contributed by atoms with van der Waals surface area (Å²) < 4.78 is 4.26. The number of carboxylic acid groups (broad SMARTS) is 3. The molecule has 0 unspecified atom stereocenters. The maximum Gasteiger partial charge on any atom is 0.114 e. The van der Waals surface area contributed by atoms with Gasteiger partial charge in [-0.05, 0) is 77.0 Å². The highest BCUT2D eigenvalue weighted by Crippen LogP contribution is 2.19. The van der Waals surface area contributed by atoms with Gasteiger partial charge in [-0.1, -0.05) is 160 Å². The Labute approximate surface area is 399 Å². The lowest BCUT2D eigenvalue weighted by molar-refractivity contribution is -0.929. The molecule has 0 bridgehead atoms. The molecule has 64 heavy (non-hydrogen) atoms. The second kappa shape index (κ2) is 46.4. The van der Waals surface area contributed by atoms with E-state index in [-0.39, 0.29) is 0 Å². The minimum atomic E-state index is -2.97. The lowest BCUT2D eigenvalue weighted by Gasteiger charge is -2.39. The molecule has 0 aromatic carbocycles. The fourth-order valence-electron chi connectivity index (χ4n) is 8.62. The predicted octanol–water partition coefficient (Wildman–Crippen LogP) is 9.76. The summed E-state index contributed by atoms with van der Waals surface area (Å²) in [4.78, 5) is 30.0. The summed E-state index contributed by atoms with van der Waals surface area (Å²) in [7, 11) is 0. The molecular weight excluding hydrogens is 803 g/mol. The van der Waals surface area contributed by atoms with Crippen molar-refractivity contribution in [2.45, 2.75) is 256 Å². The van der Waals surface area contributed by atoms with Gasteiger partial charge in [-0.3, -0.25) is 0 Å². The summed E-state index contributed by atoms with van der Waals surface area (Å²) in [5.41, 5.74) is -2.97. The van der Waals surface area contributed by atoms with Gasteiger partial charge in [0, 0.05) is 24.8 Å². The van der Waals surface area contributed by atoms with Gasteiger partial charge in [-0.2, -0.15) is 0 Å². The fraction of sp³-hybridized carbons (Fsp3) is 0.944. The Bertz CT molecular complexity index is 826. The molecule has 1 N–H and O–H groups in total. The Kier molecular flexibility index (Phi) is 49.9. The normalized spacial score (nSPS) is 11.8. The van der Waals surface area contributed by atoms with Crippen molar-refractivity contribution >= 4 is 17.9 Å². The molecule has 386 valence electrons. The summed E-state index contributed by atoms with van der Waals surface area (Å²) >= 11 is 0. The van der Waals surface area contributed by atoms with E-state index in [0.29, 0.717) is 0 Å². The molecule has 0 aliphatic rings. The predicted molar refractivity (Wildman–Crippen MR) is 267 cm³/mol. The van der Waals surface area contributed by atoms with E-state index in [0.717, 1.165) is 0 Å². The lowest BCUT2D eigenvalue weighted by atomic mass is 9.96. The van der Waals surface area contributed by atoms with Crippen molar-refractivity contribution in [3.05, 3.63) is 0 Å². The third-order valence-electron chi connectivity index (χ3n) is 13.1. The third-order valence-corrected chi connectivity index (χ3v) is 13.1. The van der Waals surface area contributed by atoms with E-state index in [2.05, 4.69) is 83.1 Å². The summed E-state index contributed by atoms with van der Waals surface area (Å²) in [6.07, 6.45) is 30.5. The number of quaternary nitrogens is 3. The summed E-state index contributed by atoms with van der Waals surface area (Å²) in [5.74, 6) is -5.98. The fourth-order valence-corrected chi connectivity index (χ4v) is 8.62. The zero-order valence-electron chi connectivity index (χ0n) is 45.1. The van der Waals surface area contributed by atoms with Crippen LogP contribution in [0.1, 0.15) is 250 Å². The lowest BCUT2D eigenvalue weighted by Crippen LogP contribution is -2.54. The second-order valence-electron chi connectivity index (χ2n) is 19.4. The molecular formula is C54H113N3O7. The van der Waals surface area contributed by atoms with Crippen molar-refractivity contribution in [1.29, 1.82) is 0 Å². The first kappa shape index (κ1) is 68.8. The van der Waals surface area contributed by atoms with Crippen LogP contribution in [-0.2, 0) is 14.4 Å². The molecule has 0 amide bonds. The van der Waals surface area contributed by atoms with Crippen LogP contribution < -0.4 is 15.3 Å². The highest BCUT2D eigenvalue weighted by Gasteiger charge is 2.30. The molecule has 0 spiro atoms. The minimum absolute atomic E-state index is 1.35. The molecule has 0 atom stereocenters. The van der Waals surface area contributed by atoms with Gasteiger partial charge in [-0.15, -0.1) is 0 Å². The second-order valence-corrected chi connectivity index (χ2v) is 19.4. The van der Waals surface area contributed by atoms with Crippen molar-refractivity contribution in [3.8, 4) is 0 Å². The van der Waals surface area contributed by atoms with E-state index in [9.17, 15) is 29.7 Å². The molecule has 0 saturated heterocycles. The van der Waals surface area contributed by atoms with E-state index >= 15 is 0 Å². The molecule has 0 rings (SSSR count). The molecule has 0 aromatic heterocycles. The molecule has 0 radical (unpaired) electrons. The van der Waals surface area contributed by atoms with Crippen LogP contribution in [-0.4, -0.2) is 121 Å². The van der Waals surface area contributed by atoms with Gasteiger partial charge in [0.1, 0.15) is 5.60 Å². The van der Waals surface area contributed by atoms with Crippen LogP contribution in [0.5, 0.6) is 0 Å². The Balaban J connectivity index is -0.000000377. The van der Waals surface area contributed by atoms with Crippen LogP contribution in [0.15, 0.2) is 0 Å². The van der Waals surface area contributed by atoms with E-state index in [1.165, 1.54) is 246 Å². The van der Waals surface area contributed by atoms with Gasteiger partial charge in [0.15, 0.2) is 0 Å². The SMILES string of the molecule is CCCC[N+](CCCC)(CCCC)CCCC.CCCC[N+](CCCC)(CCCC)CCCC.CCCC[N+](CCCC)(CCCC)CCCC.O=C([O-])CC(O)(CC(=O)[O-])C(=O)[O-]. The molecule has 10 nitrogen and oxygen atoms in total. The smallest absolute Gasteiger partial charge is 0.114 e. The van der Waals surface area contributed by atoms with Crippen molar-refractivity contribution in [2.75, 3.05) is 78.5 Å². The topological polar surface area (TPSA) is 141 Å². The number of hydrogen-bond acceptors (Lipinski definition) is 7. The van der Waals surface area contributed by atoms with Crippen LogP contribution in [0.25, 0.3) is 0 Å². The maximum absolute atomic E-state index is 10.1. The van der Waals surface area contributed by atoms with E-state index in [4.69, 9.17) is 5.11 Å². The van der Waals surface area contributed by atoms with Crippen LogP contribution in [0.3, 0.4) is 0 Å². The highest BCUT2D eigenvalue weighted by atomic mass is 16.4. The molecule has 0 saturated carbocycles. The van der Waals surface area contributed by atoms with Gasteiger partial charge in [0.25, 0.3) is 0 Å². The van der Waals surface area contributed by atoms with Gasteiger partial charge in [0.2, 0.25) is 0 Å². The van der Waals surface area contributed by atoms with E-state index in [1.807, 2.05) is 0 Å². The Hall–Kier alpha value is -1.75. The summed E-state index contributed by atoms with van der Waals surface area (Å²) in [6.45, 7) is 45.1. The molecule has 0 aliphatic heterocycles. The standard InChI is InChI=1S/3C16H36N.C6H8O7/c3*1-5-9-13-17(14-10-6-2,15-11-7-3)16-12-8-4;7-3(8)1-6(13,5(11)12)2-4(9)10/h3*5-16H2,1-4H3;13H,1-2H2,(H,7,8)(H,9,10)(H,11,12)/q3*+1;/p-3. The Morgan fingerprint density at radius 1 is 0.312 bits per heavy atom. The quantitative estimate of drug-likeness (QED) is 0.0603. The number of carbonyl (C=O) groups is 3. The Morgan fingerprint density at radius 3 is 0.516 bits per heavy atom. The van der Waals surface area contributed by atoms with E-state index in [1.54, 1.807) is 0 Å². The number of hydrogen-bond donors (Lipinski definition) is 1. The monoisotopic (exact) mass is 916 g/mol. The minimum Gasteiger partial charge on any atom is -0.550 e. The number of rotatable bonds is 41. The third kappa shape index (κ3) is 38.4. The zero-order valence-corrected chi connectivity index (χ0v) is 45.1. The molecule has 0 aromatic rings. The number of carboxylic acids is 3. The van der Waals surface area contributed by atoms with Gasteiger partial charge in [-0.25, -0.2) is 0 Å². The molecule has 0 aliphatic carbocycles. The van der Waals surface area contributed by atoms with Crippen molar-refractivity contribution in [2.24, 2.45) is 0 Å². The van der Waals surface area contributed by atoms with Crippen LogP contribution in [0.2, 0.25) is 0 Å². The first-order chi connectivity index (χ1) is 30.5.